The molecule has 0 aliphatic heterocycles. The van der Waals surface area contributed by atoms with E-state index in [1.165, 1.54) is 0 Å². The molecule has 0 fully saturated rings. The second kappa shape index (κ2) is 9.85. The molecule has 138 valence electrons. The molecule has 0 radical (unpaired) electrons. The highest BCUT2D eigenvalue weighted by Crippen LogP contribution is 2.16. The Bertz CT molecular complexity index is 624. The summed E-state index contributed by atoms with van der Waals surface area (Å²) in [7, 11) is 0. The van der Waals surface area contributed by atoms with Crippen LogP contribution >= 0.6 is 11.6 Å². The number of aliphatic hydroxyl groups excluding tert-OH is 1. The summed E-state index contributed by atoms with van der Waals surface area (Å²) in [4.78, 5) is 2.22. The predicted molar refractivity (Wildman–Crippen MR) is 101 cm³/mol. The Morgan fingerprint density at radius 2 is 1.88 bits per heavy atom. The first-order chi connectivity index (χ1) is 11.9. The van der Waals surface area contributed by atoms with E-state index in [4.69, 9.17) is 20.8 Å². The van der Waals surface area contributed by atoms with Crippen LogP contribution in [0.2, 0.25) is 5.02 Å². The lowest BCUT2D eigenvalue weighted by Crippen LogP contribution is -2.36. The zero-order valence-electron chi connectivity index (χ0n) is 15.2. The van der Waals surface area contributed by atoms with Crippen molar-refractivity contribution in [3.05, 3.63) is 52.9 Å². The van der Waals surface area contributed by atoms with Crippen LogP contribution in [0, 0.1) is 12.8 Å². The molecule has 0 bridgehead atoms. The van der Waals surface area contributed by atoms with Crippen molar-refractivity contribution in [2.45, 2.75) is 39.8 Å². The summed E-state index contributed by atoms with van der Waals surface area (Å²) in [5.41, 5.74) is 0. The van der Waals surface area contributed by atoms with Gasteiger partial charge in [-0.2, -0.15) is 0 Å². The highest BCUT2D eigenvalue weighted by atomic mass is 35.5. The number of nitrogens with zero attached hydrogens (tertiary/aromatic N) is 1. The third-order valence-electron chi connectivity index (χ3n) is 3.92. The van der Waals surface area contributed by atoms with Crippen molar-refractivity contribution >= 4 is 11.6 Å². The van der Waals surface area contributed by atoms with Gasteiger partial charge in [0.2, 0.25) is 0 Å². The molecule has 1 heterocycles. The number of rotatable bonds is 10. The molecule has 2 aromatic rings. The van der Waals surface area contributed by atoms with Crippen molar-refractivity contribution in [1.82, 2.24) is 4.90 Å². The lowest BCUT2D eigenvalue weighted by Gasteiger charge is -2.25. The largest absolute Gasteiger partial charge is 0.491 e. The molecule has 0 unspecified atom stereocenters. The van der Waals surface area contributed by atoms with Gasteiger partial charge < -0.3 is 14.3 Å². The molecule has 1 aromatic carbocycles. The van der Waals surface area contributed by atoms with E-state index in [9.17, 15) is 5.11 Å². The fourth-order valence-electron chi connectivity index (χ4n) is 2.54. The highest BCUT2D eigenvalue weighted by molar-refractivity contribution is 6.30. The minimum Gasteiger partial charge on any atom is -0.491 e. The summed E-state index contributed by atoms with van der Waals surface area (Å²) in [5.74, 6) is 3.15. The van der Waals surface area contributed by atoms with Crippen molar-refractivity contribution in [1.29, 1.82) is 0 Å². The van der Waals surface area contributed by atoms with Crippen LogP contribution in [-0.4, -0.2) is 35.8 Å². The minimum atomic E-state index is -0.570. The molecule has 4 nitrogen and oxygen atoms in total. The fourth-order valence-corrected chi connectivity index (χ4v) is 2.67. The van der Waals surface area contributed by atoms with Gasteiger partial charge in [-0.15, -0.1) is 0 Å². The number of hydrogen-bond donors (Lipinski definition) is 1. The molecule has 1 aromatic heterocycles. The Balaban J connectivity index is 1.86. The molecule has 0 aliphatic carbocycles. The van der Waals surface area contributed by atoms with E-state index >= 15 is 0 Å². The Kier molecular flexibility index (Phi) is 7.82. The zero-order valence-corrected chi connectivity index (χ0v) is 16.0. The molecule has 0 amide bonds. The summed E-state index contributed by atoms with van der Waals surface area (Å²) in [5, 5.41) is 11.0. The number of aryl methyl sites for hydroxylation is 1. The first-order valence-corrected chi connectivity index (χ1v) is 9.14. The topological polar surface area (TPSA) is 45.8 Å². The number of furan rings is 1. The first-order valence-electron chi connectivity index (χ1n) is 8.76. The maximum absolute atomic E-state index is 10.4. The molecule has 0 saturated carbocycles. The van der Waals surface area contributed by atoms with Gasteiger partial charge in [-0.1, -0.05) is 25.4 Å². The Morgan fingerprint density at radius 3 is 2.48 bits per heavy atom. The van der Waals surface area contributed by atoms with Gasteiger partial charge in [-0.3, -0.25) is 4.90 Å². The van der Waals surface area contributed by atoms with Gasteiger partial charge in [0, 0.05) is 11.6 Å². The van der Waals surface area contributed by atoms with E-state index in [0.717, 1.165) is 24.5 Å². The van der Waals surface area contributed by atoms with Gasteiger partial charge in [0.25, 0.3) is 0 Å². The van der Waals surface area contributed by atoms with Crippen LogP contribution < -0.4 is 4.74 Å². The van der Waals surface area contributed by atoms with E-state index in [-0.39, 0.29) is 6.61 Å². The average Bonchev–Trinajstić information content (AvgIpc) is 2.97. The third-order valence-corrected chi connectivity index (χ3v) is 4.18. The normalized spacial score (nSPS) is 12.8. The minimum absolute atomic E-state index is 0.247. The Hall–Kier alpha value is -1.49. The molecule has 0 aliphatic rings. The number of halogens is 1. The number of hydrogen-bond acceptors (Lipinski definition) is 4. The number of benzene rings is 1. The first kappa shape index (κ1) is 19.8. The molecule has 25 heavy (non-hydrogen) atoms. The van der Waals surface area contributed by atoms with E-state index in [1.54, 1.807) is 24.3 Å². The van der Waals surface area contributed by atoms with E-state index in [1.807, 2.05) is 19.1 Å². The van der Waals surface area contributed by atoms with Crippen LogP contribution in [0.25, 0.3) is 0 Å². The number of ether oxygens (including phenoxy) is 1. The summed E-state index contributed by atoms with van der Waals surface area (Å²) >= 11 is 5.86. The Labute approximate surface area is 155 Å². The zero-order chi connectivity index (χ0) is 18.2. The van der Waals surface area contributed by atoms with E-state index in [0.29, 0.717) is 29.8 Å². The van der Waals surface area contributed by atoms with Crippen molar-refractivity contribution in [3.63, 3.8) is 0 Å². The maximum Gasteiger partial charge on any atom is 0.119 e. The quantitative estimate of drug-likeness (QED) is 0.672. The molecule has 2 rings (SSSR count). The van der Waals surface area contributed by atoms with Crippen LogP contribution in [0.5, 0.6) is 5.75 Å². The molecule has 1 atom stereocenters. The molecule has 1 N–H and O–H groups in total. The highest BCUT2D eigenvalue weighted by Gasteiger charge is 2.15. The van der Waals surface area contributed by atoms with Crippen molar-refractivity contribution < 1.29 is 14.3 Å². The van der Waals surface area contributed by atoms with Gasteiger partial charge in [0.05, 0.1) is 6.54 Å². The van der Waals surface area contributed by atoms with Crippen molar-refractivity contribution in [3.8, 4) is 5.75 Å². The number of aliphatic hydroxyl groups is 1. The monoisotopic (exact) mass is 365 g/mol. The summed E-state index contributed by atoms with van der Waals surface area (Å²) < 4.78 is 11.3. The summed E-state index contributed by atoms with van der Waals surface area (Å²) in [6.07, 6.45) is 0.503. The molecule has 5 heteroatoms. The van der Waals surface area contributed by atoms with Crippen LogP contribution in [-0.2, 0) is 6.54 Å². The third kappa shape index (κ3) is 7.51. The maximum atomic E-state index is 10.4. The summed E-state index contributed by atoms with van der Waals surface area (Å²) in [6, 6.07) is 11.1. The van der Waals surface area contributed by atoms with E-state index < -0.39 is 6.10 Å². The van der Waals surface area contributed by atoms with Crippen LogP contribution in [0.15, 0.2) is 40.8 Å². The molecule has 0 saturated heterocycles. The summed E-state index contributed by atoms with van der Waals surface area (Å²) in [6.45, 7) is 8.74. The molecule has 0 spiro atoms. The van der Waals surface area contributed by atoms with Gasteiger partial charge in [0.1, 0.15) is 30.0 Å². The second-order valence-electron chi connectivity index (χ2n) is 6.85. The van der Waals surface area contributed by atoms with Gasteiger partial charge in [-0.05, 0) is 62.2 Å². The predicted octanol–water partition coefficient (Wildman–Crippen LogP) is 4.53. The fraction of sp³-hybridized carbons (Fsp3) is 0.500. The van der Waals surface area contributed by atoms with Crippen molar-refractivity contribution in [2.75, 3.05) is 19.7 Å². The molecular weight excluding hydrogens is 338 g/mol. The lowest BCUT2D eigenvalue weighted by atomic mass is 10.1. The van der Waals surface area contributed by atoms with Gasteiger partial charge in [-0.25, -0.2) is 0 Å². The van der Waals surface area contributed by atoms with Gasteiger partial charge in [0.15, 0.2) is 0 Å². The Morgan fingerprint density at radius 1 is 1.16 bits per heavy atom. The van der Waals surface area contributed by atoms with Crippen LogP contribution in [0.1, 0.15) is 31.8 Å². The second-order valence-corrected chi connectivity index (χ2v) is 7.29. The lowest BCUT2D eigenvalue weighted by molar-refractivity contribution is 0.0615. The average molecular weight is 366 g/mol. The molecular formula is C20H28ClNO3. The van der Waals surface area contributed by atoms with Crippen LogP contribution in [0.3, 0.4) is 0 Å². The van der Waals surface area contributed by atoms with Gasteiger partial charge >= 0.3 is 0 Å². The van der Waals surface area contributed by atoms with Crippen molar-refractivity contribution in [2.24, 2.45) is 5.92 Å². The van der Waals surface area contributed by atoms with Crippen LogP contribution in [0.4, 0.5) is 0 Å². The van der Waals surface area contributed by atoms with E-state index in [2.05, 4.69) is 18.7 Å². The smallest absolute Gasteiger partial charge is 0.119 e. The SMILES string of the molecule is Cc1ccc(CN(CCC(C)C)C[C@@H](O)COc2ccc(Cl)cc2)o1. The standard InChI is InChI=1S/C20H28ClNO3/c1-15(2)10-11-22(13-20-7-4-16(3)25-20)12-18(23)14-24-19-8-5-17(21)6-9-19/h4-9,15,18,23H,10-14H2,1-3H3/t18-/m1/s1.